The lowest BCUT2D eigenvalue weighted by atomic mass is 9.52. The Morgan fingerprint density at radius 3 is 2.31 bits per heavy atom. The summed E-state index contributed by atoms with van der Waals surface area (Å²) in [4.78, 5) is 10.9. The molecule has 0 aromatic heterocycles. The van der Waals surface area contributed by atoms with Gasteiger partial charge in [0, 0.05) is 6.42 Å². The number of carbonyl (C=O) groups is 1. The van der Waals surface area contributed by atoms with E-state index in [4.69, 9.17) is 5.73 Å². The zero-order valence-electron chi connectivity index (χ0n) is 10.7. The van der Waals surface area contributed by atoms with Crippen molar-refractivity contribution in [3.63, 3.8) is 0 Å². The summed E-state index contributed by atoms with van der Waals surface area (Å²) < 4.78 is 0. The Hall–Kier alpha value is -0.530. The number of hydrogen-bond donors (Lipinski definition) is 1. The number of hydrogen-bond acceptors (Lipinski definition) is 1. The van der Waals surface area contributed by atoms with Crippen molar-refractivity contribution in [1.29, 1.82) is 0 Å². The number of carbonyl (C=O) groups excluding carboxylic acids is 1. The molecule has 2 heteroatoms. The zero-order chi connectivity index (χ0) is 11.8. The van der Waals surface area contributed by atoms with Crippen molar-refractivity contribution in [3.05, 3.63) is 0 Å². The Labute approximate surface area is 99.0 Å². The smallest absolute Gasteiger partial charge is 0.217 e. The maximum Gasteiger partial charge on any atom is 0.217 e. The van der Waals surface area contributed by atoms with Crippen LogP contribution in [0.5, 0.6) is 0 Å². The molecule has 0 aliphatic heterocycles. The second kappa shape index (κ2) is 4.38. The summed E-state index contributed by atoms with van der Waals surface area (Å²) in [5.41, 5.74) is 5.93. The minimum Gasteiger partial charge on any atom is -0.370 e. The molecule has 1 spiro atoms. The van der Waals surface area contributed by atoms with E-state index < -0.39 is 0 Å². The van der Waals surface area contributed by atoms with Crippen LogP contribution in [0.1, 0.15) is 58.8 Å². The fourth-order valence-corrected chi connectivity index (χ4v) is 3.71. The highest BCUT2D eigenvalue weighted by atomic mass is 16.1. The molecule has 2 aliphatic carbocycles. The molecule has 0 aromatic carbocycles. The van der Waals surface area contributed by atoms with Gasteiger partial charge in [0.15, 0.2) is 0 Å². The third-order valence-electron chi connectivity index (χ3n) is 4.99. The Balaban J connectivity index is 1.76. The van der Waals surface area contributed by atoms with E-state index in [1.165, 1.54) is 38.5 Å². The van der Waals surface area contributed by atoms with Gasteiger partial charge in [0.1, 0.15) is 0 Å². The highest BCUT2D eigenvalue weighted by Crippen LogP contribution is 2.57. The molecule has 2 saturated carbocycles. The van der Waals surface area contributed by atoms with E-state index in [1.807, 2.05) is 0 Å². The van der Waals surface area contributed by atoms with Crippen molar-refractivity contribution in [3.8, 4) is 0 Å². The topological polar surface area (TPSA) is 43.1 Å². The summed E-state index contributed by atoms with van der Waals surface area (Å²) >= 11 is 0. The third kappa shape index (κ3) is 2.41. The summed E-state index contributed by atoms with van der Waals surface area (Å²) in [6, 6.07) is 0. The van der Waals surface area contributed by atoms with Crippen LogP contribution in [0.3, 0.4) is 0 Å². The second-order valence-corrected chi connectivity index (χ2v) is 6.53. The molecule has 1 amide bonds. The first-order valence-electron chi connectivity index (χ1n) is 6.79. The van der Waals surface area contributed by atoms with Crippen molar-refractivity contribution >= 4 is 5.91 Å². The van der Waals surface area contributed by atoms with Gasteiger partial charge in [-0.05, 0) is 61.7 Å². The average Bonchev–Trinajstić information content (AvgIpc) is 2.14. The van der Waals surface area contributed by atoms with Crippen LogP contribution in [0.15, 0.2) is 0 Å². The number of amides is 1. The van der Waals surface area contributed by atoms with Gasteiger partial charge in [0.2, 0.25) is 5.91 Å². The zero-order valence-corrected chi connectivity index (χ0v) is 10.7. The number of rotatable bonds is 3. The van der Waals surface area contributed by atoms with Crippen LogP contribution in [-0.2, 0) is 4.79 Å². The summed E-state index contributed by atoms with van der Waals surface area (Å²) in [6.45, 7) is 4.69. The molecule has 2 rings (SSSR count). The summed E-state index contributed by atoms with van der Waals surface area (Å²) in [6.07, 6.45) is 8.63. The molecule has 0 atom stereocenters. The Morgan fingerprint density at radius 1 is 1.31 bits per heavy atom. The minimum absolute atomic E-state index is 0.116. The van der Waals surface area contributed by atoms with Crippen LogP contribution in [0.25, 0.3) is 0 Å². The molecule has 2 nitrogen and oxygen atoms in total. The Kier molecular flexibility index (Phi) is 3.27. The average molecular weight is 223 g/mol. The second-order valence-electron chi connectivity index (χ2n) is 6.53. The predicted octanol–water partition coefficient (Wildman–Crippen LogP) is 3.10. The molecule has 16 heavy (non-hydrogen) atoms. The lowest BCUT2D eigenvalue weighted by molar-refractivity contribution is -0.119. The van der Waals surface area contributed by atoms with Gasteiger partial charge in [-0.2, -0.15) is 0 Å². The monoisotopic (exact) mass is 223 g/mol. The summed E-state index contributed by atoms with van der Waals surface area (Å²) in [5, 5.41) is 0. The van der Waals surface area contributed by atoms with Crippen molar-refractivity contribution < 1.29 is 4.79 Å². The van der Waals surface area contributed by atoms with Crippen molar-refractivity contribution in [1.82, 2.24) is 0 Å². The SMILES string of the molecule is CC(C)C1CC2(CCC(CC(N)=O)CC2)C1. The van der Waals surface area contributed by atoms with Gasteiger partial charge in [0.25, 0.3) is 0 Å². The molecule has 0 aromatic rings. The molecule has 0 heterocycles. The molecule has 2 aliphatic rings. The van der Waals surface area contributed by atoms with Crippen LogP contribution >= 0.6 is 0 Å². The van der Waals surface area contributed by atoms with Crippen LogP contribution in [0.4, 0.5) is 0 Å². The van der Waals surface area contributed by atoms with E-state index in [0.29, 0.717) is 17.8 Å². The first-order valence-corrected chi connectivity index (χ1v) is 6.79. The van der Waals surface area contributed by atoms with Gasteiger partial charge < -0.3 is 5.73 Å². The van der Waals surface area contributed by atoms with Crippen LogP contribution in [0.2, 0.25) is 0 Å². The van der Waals surface area contributed by atoms with E-state index in [-0.39, 0.29) is 5.91 Å². The molecule has 0 unspecified atom stereocenters. The number of nitrogens with two attached hydrogens (primary N) is 1. The van der Waals surface area contributed by atoms with E-state index in [1.54, 1.807) is 0 Å². The Morgan fingerprint density at radius 2 is 1.88 bits per heavy atom. The van der Waals surface area contributed by atoms with Crippen LogP contribution in [-0.4, -0.2) is 5.91 Å². The molecule has 0 bridgehead atoms. The highest BCUT2D eigenvalue weighted by molar-refractivity contribution is 5.73. The van der Waals surface area contributed by atoms with E-state index in [0.717, 1.165) is 11.8 Å². The summed E-state index contributed by atoms with van der Waals surface area (Å²) in [7, 11) is 0. The molecule has 0 saturated heterocycles. The lowest BCUT2D eigenvalue weighted by Gasteiger charge is -2.53. The summed E-state index contributed by atoms with van der Waals surface area (Å²) in [5.74, 6) is 2.29. The minimum atomic E-state index is -0.116. The van der Waals surface area contributed by atoms with Crippen molar-refractivity contribution in [2.75, 3.05) is 0 Å². The van der Waals surface area contributed by atoms with Gasteiger partial charge in [-0.1, -0.05) is 13.8 Å². The molecule has 2 N–H and O–H groups in total. The van der Waals surface area contributed by atoms with Gasteiger partial charge in [0.05, 0.1) is 0 Å². The maximum atomic E-state index is 10.9. The predicted molar refractivity (Wildman–Crippen MR) is 65.8 cm³/mol. The standard InChI is InChI=1S/C14H25NO/c1-10(2)12-8-14(9-12)5-3-11(4-6-14)7-13(15)16/h10-12H,3-9H2,1-2H3,(H2,15,16). The van der Waals surface area contributed by atoms with Crippen molar-refractivity contribution in [2.45, 2.75) is 58.8 Å². The van der Waals surface area contributed by atoms with Crippen molar-refractivity contribution in [2.24, 2.45) is 28.9 Å². The van der Waals surface area contributed by atoms with Gasteiger partial charge in [-0.3, -0.25) is 4.79 Å². The van der Waals surface area contributed by atoms with Crippen LogP contribution in [0, 0.1) is 23.2 Å². The fourth-order valence-electron chi connectivity index (χ4n) is 3.71. The largest absolute Gasteiger partial charge is 0.370 e. The Bertz CT molecular complexity index is 256. The molecular formula is C14H25NO. The normalized spacial score (nSPS) is 38.7. The van der Waals surface area contributed by atoms with Gasteiger partial charge >= 0.3 is 0 Å². The first-order chi connectivity index (χ1) is 7.51. The lowest BCUT2D eigenvalue weighted by Crippen LogP contribution is -2.42. The third-order valence-corrected chi connectivity index (χ3v) is 4.99. The van der Waals surface area contributed by atoms with E-state index in [9.17, 15) is 4.79 Å². The molecular weight excluding hydrogens is 198 g/mol. The molecule has 0 radical (unpaired) electrons. The van der Waals surface area contributed by atoms with Crippen LogP contribution < -0.4 is 5.73 Å². The first kappa shape index (κ1) is 11.9. The molecule has 2 fully saturated rings. The van der Waals surface area contributed by atoms with Gasteiger partial charge in [-0.25, -0.2) is 0 Å². The maximum absolute atomic E-state index is 10.9. The van der Waals surface area contributed by atoms with E-state index >= 15 is 0 Å². The fraction of sp³-hybridized carbons (Fsp3) is 0.929. The number of primary amides is 1. The molecule has 92 valence electrons. The quantitative estimate of drug-likeness (QED) is 0.785. The highest BCUT2D eigenvalue weighted by Gasteiger charge is 2.46. The van der Waals surface area contributed by atoms with Gasteiger partial charge in [-0.15, -0.1) is 0 Å². The van der Waals surface area contributed by atoms with E-state index in [2.05, 4.69) is 13.8 Å².